The van der Waals surface area contributed by atoms with Gasteiger partial charge in [-0.25, -0.2) is 0 Å². The first-order chi connectivity index (χ1) is 6.63. The standard InChI is InChI=1S/C11H13NO2/c1-8-3-4-9(7-10(8)13)5-6-11(14)12-2/h3-7,13H,1-2H3,(H,12,14)/b6-5+. The van der Waals surface area contributed by atoms with Crippen LogP contribution >= 0.6 is 0 Å². The number of hydrogen-bond donors (Lipinski definition) is 2. The molecule has 3 nitrogen and oxygen atoms in total. The first-order valence-corrected chi connectivity index (χ1v) is 4.33. The predicted molar refractivity (Wildman–Crippen MR) is 55.9 cm³/mol. The molecule has 0 bridgehead atoms. The zero-order valence-corrected chi connectivity index (χ0v) is 8.24. The lowest BCUT2D eigenvalue weighted by Crippen LogP contribution is -2.13. The van der Waals surface area contributed by atoms with Crippen molar-refractivity contribution in [1.29, 1.82) is 0 Å². The quantitative estimate of drug-likeness (QED) is 0.695. The second kappa shape index (κ2) is 4.46. The highest BCUT2D eigenvalue weighted by molar-refractivity contribution is 5.91. The number of phenols is 1. The average molecular weight is 191 g/mol. The van der Waals surface area contributed by atoms with Crippen LogP contribution in [0.15, 0.2) is 24.3 Å². The Hall–Kier alpha value is -1.77. The van der Waals surface area contributed by atoms with Gasteiger partial charge in [-0.2, -0.15) is 0 Å². The van der Waals surface area contributed by atoms with E-state index in [-0.39, 0.29) is 11.7 Å². The van der Waals surface area contributed by atoms with Crippen LogP contribution in [0, 0.1) is 6.92 Å². The number of likely N-dealkylation sites (N-methyl/N-ethyl adjacent to an activating group) is 1. The van der Waals surface area contributed by atoms with E-state index in [0.717, 1.165) is 11.1 Å². The summed E-state index contributed by atoms with van der Waals surface area (Å²) in [4.78, 5) is 10.9. The van der Waals surface area contributed by atoms with Crippen LogP contribution in [-0.4, -0.2) is 18.1 Å². The molecule has 0 unspecified atom stereocenters. The summed E-state index contributed by atoms with van der Waals surface area (Å²) < 4.78 is 0. The Morgan fingerprint density at radius 3 is 2.79 bits per heavy atom. The number of aryl methyl sites for hydroxylation is 1. The Labute approximate surface area is 83.1 Å². The molecular formula is C11H13NO2. The summed E-state index contributed by atoms with van der Waals surface area (Å²) in [7, 11) is 1.57. The summed E-state index contributed by atoms with van der Waals surface area (Å²) in [6.45, 7) is 1.82. The number of hydrogen-bond acceptors (Lipinski definition) is 2. The van der Waals surface area contributed by atoms with Crippen molar-refractivity contribution in [3.8, 4) is 5.75 Å². The minimum Gasteiger partial charge on any atom is -0.508 e. The number of aromatic hydroxyl groups is 1. The van der Waals surface area contributed by atoms with Gasteiger partial charge in [0.15, 0.2) is 0 Å². The molecule has 0 aromatic heterocycles. The second-order valence-corrected chi connectivity index (χ2v) is 2.99. The predicted octanol–water partition coefficient (Wildman–Crippen LogP) is 1.46. The van der Waals surface area contributed by atoms with Crippen molar-refractivity contribution in [1.82, 2.24) is 5.32 Å². The zero-order valence-electron chi connectivity index (χ0n) is 8.24. The van der Waals surface area contributed by atoms with Crippen LogP contribution < -0.4 is 5.32 Å². The largest absolute Gasteiger partial charge is 0.508 e. The number of nitrogens with one attached hydrogen (secondary N) is 1. The van der Waals surface area contributed by atoms with Gasteiger partial charge in [-0.3, -0.25) is 4.79 Å². The Balaban J connectivity index is 2.83. The SMILES string of the molecule is CNC(=O)/C=C/c1ccc(C)c(O)c1. The molecule has 14 heavy (non-hydrogen) atoms. The molecule has 74 valence electrons. The molecule has 0 aliphatic carbocycles. The summed E-state index contributed by atoms with van der Waals surface area (Å²) in [5, 5.41) is 11.9. The molecule has 0 heterocycles. The summed E-state index contributed by atoms with van der Waals surface area (Å²) in [6, 6.07) is 5.27. The van der Waals surface area contributed by atoms with E-state index in [1.165, 1.54) is 6.08 Å². The van der Waals surface area contributed by atoms with E-state index >= 15 is 0 Å². The van der Waals surface area contributed by atoms with Crippen molar-refractivity contribution < 1.29 is 9.90 Å². The molecule has 0 atom stereocenters. The molecule has 0 fully saturated rings. The van der Waals surface area contributed by atoms with Gasteiger partial charge in [-0.1, -0.05) is 12.1 Å². The van der Waals surface area contributed by atoms with Crippen molar-refractivity contribution in [2.75, 3.05) is 7.05 Å². The third kappa shape index (κ3) is 2.62. The van der Waals surface area contributed by atoms with Crippen LogP contribution in [0.25, 0.3) is 6.08 Å². The number of benzene rings is 1. The lowest BCUT2D eigenvalue weighted by Gasteiger charge is -1.99. The Bertz CT molecular complexity index is 370. The Kier molecular flexibility index (Phi) is 3.29. The molecule has 3 heteroatoms. The van der Waals surface area contributed by atoms with Crippen molar-refractivity contribution in [3.63, 3.8) is 0 Å². The molecule has 1 amide bonds. The highest BCUT2D eigenvalue weighted by Crippen LogP contribution is 2.17. The summed E-state index contributed by atoms with van der Waals surface area (Å²) in [6.07, 6.45) is 3.07. The first kappa shape index (κ1) is 10.3. The third-order valence-electron chi connectivity index (χ3n) is 1.91. The van der Waals surface area contributed by atoms with Gasteiger partial charge in [0, 0.05) is 13.1 Å². The van der Waals surface area contributed by atoms with Gasteiger partial charge in [0.25, 0.3) is 0 Å². The second-order valence-electron chi connectivity index (χ2n) is 2.99. The zero-order chi connectivity index (χ0) is 10.6. The molecular weight excluding hydrogens is 178 g/mol. The molecule has 0 radical (unpaired) electrons. The third-order valence-corrected chi connectivity index (χ3v) is 1.91. The van der Waals surface area contributed by atoms with E-state index in [1.54, 1.807) is 25.3 Å². The van der Waals surface area contributed by atoms with E-state index in [0.29, 0.717) is 0 Å². The fraction of sp³-hybridized carbons (Fsp3) is 0.182. The van der Waals surface area contributed by atoms with Crippen LogP contribution in [0.3, 0.4) is 0 Å². The van der Waals surface area contributed by atoms with Gasteiger partial charge in [0.05, 0.1) is 0 Å². The molecule has 2 N–H and O–H groups in total. The minimum absolute atomic E-state index is 0.162. The normalized spacial score (nSPS) is 10.4. The Morgan fingerprint density at radius 1 is 1.50 bits per heavy atom. The highest BCUT2D eigenvalue weighted by atomic mass is 16.3. The maximum Gasteiger partial charge on any atom is 0.243 e. The van der Waals surface area contributed by atoms with Crippen LogP contribution in [0.2, 0.25) is 0 Å². The average Bonchev–Trinajstić information content (AvgIpc) is 2.19. The smallest absolute Gasteiger partial charge is 0.243 e. The maximum atomic E-state index is 10.9. The minimum atomic E-state index is -0.162. The molecule has 0 saturated carbocycles. The number of carbonyl (C=O) groups is 1. The number of amides is 1. The van der Waals surface area contributed by atoms with Crippen molar-refractivity contribution >= 4 is 12.0 Å². The number of rotatable bonds is 2. The van der Waals surface area contributed by atoms with E-state index in [9.17, 15) is 9.90 Å². The maximum absolute atomic E-state index is 10.9. The monoisotopic (exact) mass is 191 g/mol. The molecule has 1 rings (SSSR count). The van der Waals surface area contributed by atoms with E-state index in [1.807, 2.05) is 13.0 Å². The van der Waals surface area contributed by atoms with Crippen LogP contribution in [0.1, 0.15) is 11.1 Å². The topological polar surface area (TPSA) is 49.3 Å². The van der Waals surface area contributed by atoms with Gasteiger partial charge < -0.3 is 10.4 Å². The molecule has 1 aromatic carbocycles. The Morgan fingerprint density at radius 2 is 2.21 bits per heavy atom. The molecule has 0 saturated heterocycles. The van der Waals surface area contributed by atoms with E-state index in [4.69, 9.17) is 0 Å². The number of carbonyl (C=O) groups excluding carboxylic acids is 1. The van der Waals surface area contributed by atoms with Crippen LogP contribution in [0.4, 0.5) is 0 Å². The van der Waals surface area contributed by atoms with E-state index < -0.39 is 0 Å². The van der Waals surface area contributed by atoms with Gasteiger partial charge in [0.2, 0.25) is 5.91 Å². The fourth-order valence-electron chi connectivity index (χ4n) is 0.985. The van der Waals surface area contributed by atoms with Gasteiger partial charge in [-0.15, -0.1) is 0 Å². The van der Waals surface area contributed by atoms with Crippen molar-refractivity contribution in [3.05, 3.63) is 35.4 Å². The highest BCUT2D eigenvalue weighted by Gasteiger charge is 1.95. The van der Waals surface area contributed by atoms with Gasteiger partial charge in [-0.05, 0) is 30.2 Å². The first-order valence-electron chi connectivity index (χ1n) is 4.33. The number of phenolic OH excluding ortho intramolecular Hbond substituents is 1. The fourth-order valence-corrected chi connectivity index (χ4v) is 0.985. The molecule has 1 aromatic rings. The van der Waals surface area contributed by atoms with E-state index in [2.05, 4.69) is 5.32 Å². The lowest BCUT2D eigenvalue weighted by atomic mass is 10.1. The summed E-state index contributed by atoms with van der Waals surface area (Å²) in [5.41, 5.74) is 1.62. The molecule has 0 aliphatic rings. The van der Waals surface area contributed by atoms with Crippen LogP contribution in [-0.2, 0) is 4.79 Å². The molecule has 0 aliphatic heterocycles. The van der Waals surface area contributed by atoms with Crippen molar-refractivity contribution in [2.45, 2.75) is 6.92 Å². The van der Waals surface area contributed by atoms with Crippen LogP contribution in [0.5, 0.6) is 5.75 Å². The van der Waals surface area contributed by atoms with Gasteiger partial charge >= 0.3 is 0 Å². The van der Waals surface area contributed by atoms with Crippen molar-refractivity contribution in [2.24, 2.45) is 0 Å². The molecule has 0 spiro atoms. The van der Waals surface area contributed by atoms with Gasteiger partial charge in [0.1, 0.15) is 5.75 Å². The summed E-state index contributed by atoms with van der Waals surface area (Å²) >= 11 is 0. The summed E-state index contributed by atoms with van der Waals surface area (Å²) in [5.74, 6) is 0.0779. The lowest BCUT2D eigenvalue weighted by molar-refractivity contribution is -0.115.